The molecule has 1 rings (SSSR count). The van der Waals surface area contributed by atoms with Gasteiger partial charge in [0.1, 0.15) is 15.6 Å². The van der Waals surface area contributed by atoms with Crippen molar-refractivity contribution >= 4 is 27.9 Å². The summed E-state index contributed by atoms with van der Waals surface area (Å²) in [7, 11) is 9.01. The number of nitrogen functional groups attached to an aromatic ring is 1. The topological polar surface area (TPSA) is 70.8 Å². The van der Waals surface area contributed by atoms with Crippen molar-refractivity contribution in [3.05, 3.63) is 4.88 Å². The van der Waals surface area contributed by atoms with Crippen molar-refractivity contribution in [3.63, 3.8) is 0 Å². The molecule has 0 fully saturated rings. The Bertz CT molecular complexity index is 471. The number of likely N-dealkylation sites (N-methyl/N-ethyl adjacent to an activating group) is 1. The number of rotatable bonds is 6. The van der Waals surface area contributed by atoms with E-state index in [1.807, 2.05) is 14.1 Å². The van der Waals surface area contributed by atoms with E-state index in [-0.39, 0.29) is 5.91 Å². The molecule has 1 aromatic rings. The van der Waals surface area contributed by atoms with Crippen LogP contribution in [-0.4, -0.2) is 63.6 Å². The van der Waals surface area contributed by atoms with E-state index in [4.69, 9.17) is 10.5 Å². The maximum absolute atomic E-state index is 12.1. The van der Waals surface area contributed by atoms with Crippen LogP contribution in [0.25, 0.3) is 0 Å². The second-order valence-corrected chi connectivity index (χ2v) is 6.12. The van der Waals surface area contributed by atoms with Crippen LogP contribution in [0.1, 0.15) is 16.6 Å². The molecule has 0 aliphatic carbocycles. The molecule has 1 unspecified atom stereocenters. The second-order valence-electron chi connectivity index (χ2n) is 5.10. The third-order valence-electron chi connectivity index (χ3n) is 3.14. The number of ether oxygens (including phenoxy) is 1. The van der Waals surface area contributed by atoms with Gasteiger partial charge in [0.05, 0.1) is 7.11 Å². The lowest BCUT2D eigenvalue weighted by molar-refractivity contribution is 0.0833. The SMILES string of the molecule is COc1c(NCC(C)N(C)C)sc(C(=O)N(C)C)c1N. The number of hydrogen-bond donors (Lipinski definition) is 2. The van der Waals surface area contributed by atoms with E-state index in [0.29, 0.717) is 22.4 Å². The number of nitrogens with zero attached hydrogens (tertiary/aromatic N) is 2. The smallest absolute Gasteiger partial charge is 0.265 e. The highest BCUT2D eigenvalue weighted by atomic mass is 32.1. The van der Waals surface area contributed by atoms with Crippen LogP contribution in [0.4, 0.5) is 10.7 Å². The molecular formula is C13H24N4O2S. The van der Waals surface area contributed by atoms with Crippen LogP contribution in [0.15, 0.2) is 0 Å². The molecule has 1 atom stereocenters. The molecular weight excluding hydrogens is 276 g/mol. The Balaban J connectivity index is 2.97. The van der Waals surface area contributed by atoms with Gasteiger partial charge in [-0.25, -0.2) is 0 Å². The van der Waals surface area contributed by atoms with Gasteiger partial charge in [-0.05, 0) is 21.0 Å². The number of methoxy groups -OCH3 is 1. The normalized spacial score (nSPS) is 12.3. The van der Waals surface area contributed by atoms with E-state index in [0.717, 1.165) is 11.5 Å². The van der Waals surface area contributed by atoms with Crippen molar-refractivity contribution in [2.24, 2.45) is 0 Å². The fourth-order valence-electron chi connectivity index (χ4n) is 1.53. The van der Waals surface area contributed by atoms with Gasteiger partial charge in [0.25, 0.3) is 5.91 Å². The van der Waals surface area contributed by atoms with Crippen molar-refractivity contribution in [1.82, 2.24) is 9.80 Å². The van der Waals surface area contributed by atoms with Crippen molar-refractivity contribution < 1.29 is 9.53 Å². The summed E-state index contributed by atoms with van der Waals surface area (Å²) in [4.78, 5) is 16.2. The summed E-state index contributed by atoms with van der Waals surface area (Å²) < 4.78 is 5.32. The van der Waals surface area contributed by atoms with Crippen molar-refractivity contribution in [2.75, 3.05) is 52.9 Å². The number of anilines is 2. The first-order valence-corrected chi connectivity index (χ1v) is 7.19. The number of thiophene rings is 1. The lowest BCUT2D eigenvalue weighted by Gasteiger charge is -2.20. The van der Waals surface area contributed by atoms with E-state index in [1.165, 1.54) is 16.2 Å². The third-order valence-corrected chi connectivity index (χ3v) is 4.28. The molecule has 1 amide bonds. The molecule has 20 heavy (non-hydrogen) atoms. The fraction of sp³-hybridized carbons (Fsp3) is 0.615. The monoisotopic (exact) mass is 300 g/mol. The van der Waals surface area contributed by atoms with Crippen LogP contribution in [0.3, 0.4) is 0 Å². The molecule has 0 aromatic carbocycles. The van der Waals surface area contributed by atoms with Gasteiger partial charge < -0.3 is 25.6 Å². The van der Waals surface area contributed by atoms with Crippen LogP contribution in [-0.2, 0) is 0 Å². The third kappa shape index (κ3) is 3.55. The minimum absolute atomic E-state index is 0.112. The predicted molar refractivity (Wildman–Crippen MR) is 84.9 cm³/mol. The van der Waals surface area contributed by atoms with Crippen molar-refractivity contribution in [2.45, 2.75) is 13.0 Å². The molecule has 114 valence electrons. The summed E-state index contributed by atoms with van der Waals surface area (Å²) in [5.74, 6) is 0.436. The van der Waals surface area contributed by atoms with Crippen LogP contribution in [0.5, 0.6) is 5.75 Å². The molecule has 1 heterocycles. The summed E-state index contributed by atoms with van der Waals surface area (Å²) in [5.41, 5.74) is 6.41. The van der Waals surface area contributed by atoms with Gasteiger partial charge >= 0.3 is 0 Å². The second kappa shape index (κ2) is 6.81. The largest absolute Gasteiger partial charge is 0.492 e. The zero-order valence-corrected chi connectivity index (χ0v) is 13.8. The van der Waals surface area contributed by atoms with Gasteiger partial charge in [-0.3, -0.25) is 4.79 Å². The number of carbonyl (C=O) groups is 1. The minimum Gasteiger partial charge on any atom is -0.492 e. The number of amides is 1. The molecule has 0 radical (unpaired) electrons. The molecule has 0 saturated heterocycles. The number of nitrogens with one attached hydrogen (secondary N) is 1. The molecule has 6 nitrogen and oxygen atoms in total. The Labute approximate surface area is 124 Å². The van der Waals surface area contributed by atoms with Crippen molar-refractivity contribution in [3.8, 4) is 5.75 Å². The van der Waals surface area contributed by atoms with Crippen LogP contribution in [0, 0.1) is 0 Å². The summed E-state index contributed by atoms with van der Waals surface area (Å²) in [6.07, 6.45) is 0. The Hall–Kier alpha value is -1.47. The molecule has 0 saturated carbocycles. The molecule has 0 aliphatic heterocycles. The van der Waals surface area contributed by atoms with Crippen molar-refractivity contribution in [1.29, 1.82) is 0 Å². The van der Waals surface area contributed by atoms with Gasteiger partial charge in [-0.15, -0.1) is 11.3 Å². The summed E-state index contributed by atoms with van der Waals surface area (Å²) in [6, 6.07) is 0.357. The number of hydrogen-bond acceptors (Lipinski definition) is 6. The lowest BCUT2D eigenvalue weighted by Crippen LogP contribution is -2.31. The Kier molecular flexibility index (Phi) is 5.64. The molecule has 7 heteroatoms. The zero-order valence-electron chi connectivity index (χ0n) is 13.0. The van der Waals surface area contributed by atoms with E-state index in [1.54, 1.807) is 21.2 Å². The summed E-state index contributed by atoms with van der Waals surface area (Å²) in [6.45, 7) is 2.86. The highest BCUT2D eigenvalue weighted by Gasteiger charge is 2.23. The Morgan fingerprint density at radius 2 is 2.00 bits per heavy atom. The average molecular weight is 300 g/mol. The van der Waals surface area contributed by atoms with E-state index in [2.05, 4.69) is 17.1 Å². The molecule has 0 aliphatic rings. The van der Waals surface area contributed by atoms with Gasteiger partial charge in [-0.2, -0.15) is 0 Å². The molecule has 3 N–H and O–H groups in total. The summed E-state index contributed by atoms with van der Waals surface area (Å²) >= 11 is 1.33. The quantitative estimate of drug-likeness (QED) is 0.831. The van der Waals surface area contributed by atoms with Gasteiger partial charge in [0, 0.05) is 26.7 Å². The van der Waals surface area contributed by atoms with Gasteiger partial charge in [0.15, 0.2) is 5.75 Å². The zero-order chi connectivity index (χ0) is 15.4. The first kappa shape index (κ1) is 16.6. The highest BCUT2D eigenvalue weighted by Crippen LogP contribution is 2.42. The Morgan fingerprint density at radius 3 is 2.45 bits per heavy atom. The van der Waals surface area contributed by atoms with E-state index < -0.39 is 0 Å². The van der Waals surface area contributed by atoms with Gasteiger partial charge in [-0.1, -0.05) is 0 Å². The molecule has 0 bridgehead atoms. The van der Waals surface area contributed by atoms with Gasteiger partial charge in [0.2, 0.25) is 0 Å². The number of nitrogens with two attached hydrogens (primary N) is 1. The fourth-order valence-corrected chi connectivity index (χ4v) is 2.65. The highest BCUT2D eigenvalue weighted by molar-refractivity contribution is 7.19. The first-order chi connectivity index (χ1) is 9.29. The molecule has 1 aromatic heterocycles. The van der Waals surface area contributed by atoms with Crippen LogP contribution >= 0.6 is 11.3 Å². The number of carbonyl (C=O) groups excluding carboxylic acids is 1. The summed E-state index contributed by atoms with van der Waals surface area (Å²) in [5, 5.41) is 4.10. The lowest BCUT2D eigenvalue weighted by atomic mass is 10.3. The molecule has 0 spiro atoms. The maximum atomic E-state index is 12.1. The standard InChI is InChI=1S/C13H24N4O2S/c1-8(16(2)3)7-15-12-10(19-6)9(14)11(20-12)13(18)17(4)5/h8,15H,7,14H2,1-6H3. The first-order valence-electron chi connectivity index (χ1n) is 6.37. The Morgan fingerprint density at radius 1 is 1.40 bits per heavy atom. The maximum Gasteiger partial charge on any atom is 0.265 e. The van der Waals surface area contributed by atoms with E-state index >= 15 is 0 Å². The van der Waals surface area contributed by atoms with Crippen LogP contribution in [0.2, 0.25) is 0 Å². The predicted octanol–water partition coefficient (Wildman–Crippen LogP) is 1.40. The van der Waals surface area contributed by atoms with Crippen LogP contribution < -0.4 is 15.8 Å². The average Bonchev–Trinajstić information content (AvgIpc) is 2.70. The minimum atomic E-state index is -0.112. The van der Waals surface area contributed by atoms with E-state index in [9.17, 15) is 4.79 Å².